The van der Waals surface area contributed by atoms with Crippen LogP contribution in [0.2, 0.25) is 5.02 Å². The fourth-order valence-electron chi connectivity index (χ4n) is 1.54. The van der Waals surface area contributed by atoms with Crippen molar-refractivity contribution in [2.45, 2.75) is 37.6 Å². The number of hydrogen-bond acceptors (Lipinski definition) is 5. The summed E-state index contributed by atoms with van der Waals surface area (Å²) in [6, 6.07) is 6.05. The van der Waals surface area contributed by atoms with Crippen LogP contribution in [0.15, 0.2) is 24.3 Å². The van der Waals surface area contributed by atoms with Crippen molar-refractivity contribution < 1.29 is 47.5 Å². The van der Waals surface area contributed by atoms with E-state index in [-0.39, 0.29) is 31.0 Å². The van der Waals surface area contributed by atoms with Gasteiger partial charge in [-0.05, 0) is 37.1 Å². The van der Waals surface area contributed by atoms with Crippen LogP contribution in [0.3, 0.4) is 0 Å². The summed E-state index contributed by atoms with van der Waals surface area (Å²) in [5.74, 6) is -2.46. The van der Waals surface area contributed by atoms with Crippen molar-refractivity contribution in [2.75, 3.05) is 0 Å². The normalized spacial score (nSPS) is 15.7. The molecular weight excluding hydrogens is 361 g/mol. The average Bonchev–Trinajstić information content (AvgIpc) is 2.44. The first-order valence-corrected chi connectivity index (χ1v) is 9.00. The molecule has 1 aromatic carbocycles. The predicted octanol–water partition coefficient (Wildman–Crippen LogP) is -0.107. The molecule has 3 atom stereocenters. The van der Waals surface area contributed by atoms with E-state index < -0.39 is 25.0 Å². The van der Waals surface area contributed by atoms with Crippen molar-refractivity contribution in [1.29, 1.82) is 0 Å². The summed E-state index contributed by atoms with van der Waals surface area (Å²) >= 11 is 11.4. The first-order chi connectivity index (χ1) is 10.2. The van der Waals surface area contributed by atoms with Crippen LogP contribution in [-0.4, -0.2) is 22.3 Å². The average molecular weight is 377 g/mol. The van der Waals surface area contributed by atoms with Crippen LogP contribution in [0.4, 0.5) is 0 Å². The molecule has 1 aromatic rings. The Morgan fingerprint density at radius 1 is 1.39 bits per heavy atom. The molecule has 0 radical (unpaired) electrons. The number of rotatable bonds is 8. The molecule has 1 N–H and O–H groups in total. The molecule has 0 aliphatic carbocycles. The minimum absolute atomic E-state index is 0. The molecule has 0 spiro atoms. The molecule has 124 valence electrons. The van der Waals surface area contributed by atoms with Crippen LogP contribution in [0.5, 0.6) is 5.75 Å². The number of benzene rings is 1. The van der Waals surface area contributed by atoms with Crippen LogP contribution in [0.1, 0.15) is 26.2 Å². The number of alkyl halides is 1. The Bertz CT molecular complexity index is 536. The van der Waals surface area contributed by atoms with Gasteiger partial charge in [0.2, 0.25) is 0 Å². The summed E-state index contributed by atoms with van der Waals surface area (Å²) in [6.45, 7) is 1.83. The molecule has 0 aliphatic heterocycles. The summed E-state index contributed by atoms with van der Waals surface area (Å²) in [7, 11) is -4.81. The van der Waals surface area contributed by atoms with Crippen molar-refractivity contribution in [2.24, 2.45) is 0 Å². The zero-order chi connectivity index (χ0) is 16.8. The molecule has 0 aliphatic rings. The molecule has 1 rings (SSSR count). The maximum absolute atomic E-state index is 11.8. The molecule has 0 heterocycles. The largest absolute Gasteiger partial charge is 1.00 e. The van der Waals surface area contributed by atoms with E-state index in [4.69, 9.17) is 37.6 Å². The maximum Gasteiger partial charge on any atom is 1.00 e. The summed E-state index contributed by atoms with van der Waals surface area (Å²) in [6.07, 6.45) is 1.14. The Morgan fingerprint density at radius 2 is 1.96 bits per heavy atom. The van der Waals surface area contributed by atoms with E-state index in [0.717, 1.165) is 0 Å². The Hall–Kier alpha value is -0.183. The zero-order valence-corrected chi connectivity index (χ0v) is 15.2. The van der Waals surface area contributed by atoms with Crippen molar-refractivity contribution in [3.05, 3.63) is 29.3 Å². The first kappa shape index (κ1) is 22.8. The quantitative estimate of drug-likeness (QED) is 0.294. The van der Waals surface area contributed by atoms with Gasteiger partial charge in [-0.2, -0.15) is 0 Å². The van der Waals surface area contributed by atoms with E-state index in [1.54, 1.807) is 0 Å². The molecular formula is C13H16Cl2LiO6P. The molecule has 0 bridgehead atoms. The van der Waals surface area contributed by atoms with E-state index >= 15 is 0 Å². The van der Waals surface area contributed by atoms with Gasteiger partial charge in [-0.15, -0.1) is 0 Å². The second-order valence-electron chi connectivity index (χ2n) is 4.49. The van der Waals surface area contributed by atoms with E-state index in [0.29, 0.717) is 17.9 Å². The summed E-state index contributed by atoms with van der Waals surface area (Å²) in [5, 5.41) is 0.480. The van der Waals surface area contributed by atoms with E-state index in [1.165, 1.54) is 24.3 Å². The van der Waals surface area contributed by atoms with Gasteiger partial charge >= 0.3 is 24.8 Å². The number of halogens is 2. The van der Waals surface area contributed by atoms with Gasteiger partial charge in [0.15, 0.2) is 13.4 Å². The summed E-state index contributed by atoms with van der Waals surface area (Å²) in [4.78, 5) is 32.0. The standard InChI is InChI=1S/C13H17Cl2O6P.Li/c1-2-3-4-11(22(17,18)19)21-13(16)12(15)20-10-7-5-9(14)6-8-10;/h5-8,11-12H,2-4H2,1H3,(H2,17,18,19);/q;+1/p-1. The number of unbranched alkanes of at least 4 members (excludes halogenated alkanes) is 1. The molecule has 0 aromatic heterocycles. The van der Waals surface area contributed by atoms with Gasteiger partial charge in [0.1, 0.15) is 5.75 Å². The van der Waals surface area contributed by atoms with Crippen LogP contribution >= 0.6 is 30.8 Å². The Balaban J connectivity index is 0.00000484. The first-order valence-electron chi connectivity index (χ1n) is 6.54. The van der Waals surface area contributed by atoms with Crippen molar-refractivity contribution >= 4 is 36.8 Å². The van der Waals surface area contributed by atoms with Crippen molar-refractivity contribution in [3.63, 3.8) is 0 Å². The van der Waals surface area contributed by atoms with Crippen molar-refractivity contribution in [1.82, 2.24) is 0 Å². The molecule has 23 heavy (non-hydrogen) atoms. The number of esters is 1. The maximum atomic E-state index is 11.8. The minimum atomic E-state index is -4.81. The van der Waals surface area contributed by atoms with Gasteiger partial charge in [0.05, 0.1) is 0 Å². The van der Waals surface area contributed by atoms with Gasteiger partial charge in [-0.3, -0.25) is 0 Å². The van der Waals surface area contributed by atoms with Gasteiger partial charge in [0, 0.05) is 5.02 Å². The molecule has 0 amide bonds. The molecule has 3 unspecified atom stereocenters. The van der Waals surface area contributed by atoms with Crippen LogP contribution in [0.25, 0.3) is 0 Å². The second-order valence-corrected chi connectivity index (χ2v) is 7.02. The minimum Gasteiger partial charge on any atom is -0.776 e. The smallest absolute Gasteiger partial charge is 0.776 e. The third kappa shape index (κ3) is 8.46. The monoisotopic (exact) mass is 376 g/mol. The third-order valence-electron chi connectivity index (χ3n) is 2.66. The molecule has 6 nitrogen and oxygen atoms in total. The van der Waals surface area contributed by atoms with Gasteiger partial charge in [-0.1, -0.05) is 36.5 Å². The molecule has 0 saturated heterocycles. The Labute approximate surface area is 156 Å². The summed E-state index contributed by atoms with van der Waals surface area (Å²) in [5.41, 5.74) is -1.54. The van der Waals surface area contributed by atoms with E-state index in [9.17, 15) is 14.3 Å². The zero-order valence-electron chi connectivity index (χ0n) is 12.8. The molecule has 0 fully saturated rings. The topological polar surface area (TPSA) is 95.9 Å². The molecule has 10 heteroatoms. The van der Waals surface area contributed by atoms with E-state index in [2.05, 4.69) is 0 Å². The predicted molar refractivity (Wildman–Crippen MR) is 81.0 cm³/mol. The van der Waals surface area contributed by atoms with Gasteiger partial charge in [0.25, 0.3) is 5.56 Å². The SMILES string of the molecule is CCCCC(OC(=O)C(Cl)Oc1ccc(Cl)cc1)P(=O)([O-])O.[Li+]. The van der Waals surface area contributed by atoms with Crippen LogP contribution in [0, 0.1) is 0 Å². The second kappa shape index (κ2) is 10.6. The molecule has 0 saturated carbocycles. The van der Waals surface area contributed by atoms with Crippen LogP contribution in [-0.2, 0) is 14.1 Å². The number of hydrogen-bond donors (Lipinski definition) is 1. The van der Waals surface area contributed by atoms with Gasteiger partial charge in [-0.25, -0.2) is 4.79 Å². The Morgan fingerprint density at radius 3 is 2.43 bits per heavy atom. The Kier molecular flexibility index (Phi) is 10.6. The van der Waals surface area contributed by atoms with Crippen LogP contribution < -0.4 is 28.5 Å². The summed E-state index contributed by atoms with van der Waals surface area (Å²) < 4.78 is 21.0. The third-order valence-corrected chi connectivity index (χ3v) is 4.27. The number of carbonyl (C=O) groups excluding carboxylic acids is 1. The fraction of sp³-hybridized carbons (Fsp3) is 0.462. The number of carbonyl (C=O) groups is 1. The fourth-order valence-corrected chi connectivity index (χ4v) is 2.56. The van der Waals surface area contributed by atoms with Crippen molar-refractivity contribution in [3.8, 4) is 5.75 Å². The van der Waals surface area contributed by atoms with Gasteiger partial charge < -0.3 is 23.8 Å². The van der Waals surface area contributed by atoms with E-state index in [1.807, 2.05) is 6.92 Å². The number of ether oxygens (including phenoxy) is 2.